The molecule has 3 unspecified atom stereocenters. The second-order valence-electron chi connectivity index (χ2n) is 4.41. The maximum Gasteiger partial charge on any atom is 0.402 e. The average Bonchev–Trinajstić information content (AvgIpc) is 2.65. The SMILES string of the molecule is FC(F)(F)C(Br)CN1CCOC2CCCC21. The van der Waals surface area contributed by atoms with Gasteiger partial charge in [0.1, 0.15) is 4.83 Å². The molecule has 2 nitrogen and oxygen atoms in total. The third-order valence-corrected chi connectivity index (χ3v) is 4.16. The van der Waals surface area contributed by atoms with Crippen molar-refractivity contribution < 1.29 is 17.9 Å². The van der Waals surface area contributed by atoms with Gasteiger partial charge in [0.25, 0.3) is 0 Å². The second kappa shape index (κ2) is 4.82. The van der Waals surface area contributed by atoms with E-state index in [1.54, 1.807) is 0 Å². The first-order valence-electron chi connectivity index (χ1n) is 5.55. The minimum absolute atomic E-state index is 0.0357. The third kappa shape index (κ3) is 2.71. The Hall–Kier alpha value is 0.190. The fourth-order valence-corrected chi connectivity index (χ4v) is 2.91. The minimum atomic E-state index is -4.16. The van der Waals surface area contributed by atoms with Crippen molar-refractivity contribution >= 4 is 15.9 Å². The molecule has 94 valence electrons. The number of hydrogen-bond donors (Lipinski definition) is 0. The van der Waals surface area contributed by atoms with Gasteiger partial charge in [-0.05, 0) is 19.3 Å². The number of nitrogens with zero attached hydrogens (tertiary/aromatic N) is 1. The van der Waals surface area contributed by atoms with Crippen LogP contribution < -0.4 is 0 Å². The number of ether oxygens (including phenoxy) is 1. The van der Waals surface area contributed by atoms with Gasteiger partial charge in [-0.25, -0.2) is 0 Å². The average molecular weight is 302 g/mol. The van der Waals surface area contributed by atoms with Crippen LogP contribution in [0.25, 0.3) is 0 Å². The van der Waals surface area contributed by atoms with Gasteiger partial charge in [-0.15, -0.1) is 0 Å². The van der Waals surface area contributed by atoms with Gasteiger partial charge < -0.3 is 4.74 Å². The largest absolute Gasteiger partial charge is 0.402 e. The monoisotopic (exact) mass is 301 g/mol. The third-order valence-electron chi connectivity index (χ3n) is 3.35. The molecule has 0 aromatic heterocycles. The zero-order valence-corrected chi connectivity index (χ0v) is 10.4. The van der Waals surface area contributed by atoms with Crippen molar-refractivity contribution in [3.8, 4) is 0 Å². The minimum Gasteiger partial charge on any atom is -0.375 e. The van der Waals surface area contributed by atoms with Crippen molar-refractivity contribution in [1.82, 2.24) is 4.90 Å². The van der Waals surface area contributed by atoms with Crippen molar-refractivity contribution in [3.05, 3.63) is 0 Å². The van der Waals surface area contributed by atoms with E-state index in [1.807, 2.05) is 4.90 Å². The van der Waals surface area contributed by atoms with Crippen molar-refractivity contribution in [2.45, 2.75) is 42.4 Å². The Labute approximate surface area is 101 Å². The highest BCUT2D eigenvalue weighted by atomic mass is 79.9. The highest BCUT2D eigenvalue weighted by Crippen LogP contribution is 2.33. The fourth-order valence-electron chi connectivity index (χ4n) is 2.54. The molecule has 0 radical (unpaired) electrons. The number of rotatable bonds is 2. The molecular weight excluding hydrogens is 287 g/mol. The normalized spacial score (nSPS) is 33.8. The van der Waals surface area contributed by atoms with Gasteiger partial charge in [-0.3, -0.25) is 4.90 Å². The predicted octanol–water partition coefficient (Wildman–Crippen LogP) is 2.57. The Morgan fingerprint density at radius 2 is 2.12 bits per heavy atom. The molecule has 1 saturated heterocycles. The Bertz CT molecular complexity index is 249. The predicted molar refractivity (Wildman–Crippen MR) is 57.7 cm³/mol. The molecule has 0 aromatic carbocycles. The van der Waals surface area contributed by atoms with Crippen molar-refractivity contribution in [3.63, 3.8) is 0 Å². The van der Waals surface area contributed by atoms with E-state index in [1.165, 1.54) is 0 Å². The molecule has 3 atom stereocenters. The zero-order valence-electron chi connectivity index (χ0n) is 8.84. The molecule has 1 aliphatic carbocycles. The molecule has 2 rings (SSSR count). The van der Waals surface area contributed by atoms with Crippen LogP contribution in [0, 0.1) is 0 Å². The lowest BCUT2D eigenvalue weighted by Gasteiger charge is -2.38. The first-order valence-corrected chi connectivity index (χ1v) is 6.46. The Morgan fingerprint density at radius 3 is 2.81 bits per heavy atom. The molecule has 1 heterocycles. The van der Waals surface area contributed by atoms with E-state index in [-0.39, 0.29) is 18.7 Å². The molecule has 2 aliphatic rings. The molecule has 16 heavy (non-hydrogen) atoms. The van der Waals surface area contributed by atoms with E-state index in [4.69, 9.17) is 4.74 Å². The van der Waals surface area contributed by atoms with Crippen molar-refractivity contribution in [2.75, 3.05) is 19.7 Å². The lowest BCUT2D eigenvalue weighted by Crippen LogP contribution is -2.51. The first-order chi connectivity index (χ1) is 7.48. The number of morpholine rings is 1. The van der Waals surface area contributed by atoms with Gasteiger partial charge in [0.2, 0.25) is 0 Å². The highest BCUT2D eigenvalue weighted by molar-refractivity contribution is 9.09. The van der Waals surface area contributed by atoms with Gasteiger partial charge in [0.15, 0.2) is 0 Å². The zero-order chi connectivity index (χ0) is 11.8. The fraction of sp³-hybridized carbons (Fsp3) is 1.00. The molecule has 1 aliphatic heterocycles. The molecule has 1 saturated carbocycles. The summed E-state index contributed by atoms with van der Waals surface area (Å²) in [6, 6.07) is 0.191. The lowest BCUT2D eigenvalue weighted by atomic mass is 10.1. The lowest BCUT2D eigenvalue weighted by molar-refractivity contribution is -0.138. The van der Waals surface area contributed by atoms with Crippen LogP contribution >= 0.6 is 15.9 Å². The highest BCUT2D eigenvalue weighted by Gasteiger charge is 2.42. The van der Waals surface area contributed by atoms with E-state index in [0.717, 1.165) is 19.3 Å². The standard InChI is InChI=1S/C10H15BrF3NO/c11-9(10(12,13)14)6-15-4-5-16-8-3-1-2-7(8)15/h7-9H,1-6H2. The molecule has 6 heteroatoms. The summed E-state index contributed by atoms with van der Waals surface area (Å²) >= 11 is 2.72. The summed E-state index contributed by atoms with van der Waals surface area (Å²) in [7, 11) is 0. The van der Waals surface area contributed by atoms with Crippen LogP contribution in [0.5, 0.6) is 0 Å². The maximum absolute atomic E-state index is 12.4. The Morgan fingerprint density at radius 1 is 1.38 bits per heavy atom. The first kappa shape index (κ1) is 12.6. The molecule has 0 bridgehead atoms. The smallest absolute Gasteiger partial charge is 0.375 e. The summed E-state index contributed by atoms with van der Waals surface area (Å²) < 4.78 is 42.9. The van der Waals surface area contributed by atoms with E-state index >= 15 is 0 Å². The quantitative estimate of drug-likeness (QED) is 0.727. The molecule has 2 fully saturated rings. The topological polar surface area (TPSA) is 12.5 Å². The van der Waals surface area contributed by atoms with E-state index < -0.39 is 11.0 Å². The van der Waals surface area contributed by atoms with Gasteiger partial charge in [0.05, 0.1) is 12.7 Å². The van der Waals surface area contributed by atoms with Crippen LogP contribution in [-0.4, -0.2) is 47.7 Å². The van der Waals surface area contributed by atoms with Crippen molar-refractivity contribution in [1.29, 1.82) is 0 Å². The van der Waals surface area contributed by atoms with Crippen molar-refractivity contribution in [2.24, 2.45) is 0 Å². The van der Waals surface area contributed by atoms with Gasteiger partial charge in [-0.2, -0.15) is 13.2 Å². The van der Waals surface area contributed by atoms with Crippen LogP contribution in [0.1, 0.15) is 19.3 Å². The van der Waals surface area contributed by atoms with E-state index in [9.17, 15) is 13.2 Å². The van der Waals surface area contributed by atoms with Crippen LogP contribution in [-0.2, 0) is 4.74 Å². The van der Waals surface area contributed by atoms with Crippen LogP contribution in [0.3, 0.4) is 0 Å². The van der Waals surface area contributed by atoms with Crippen LogP contribution in [0.2, 0.25) is 0 Å². The summed E-state index contributed by atoms with van der Waals surface area (Å²) in [6.45, 7) is 1.20. The summed E-state index contributed by atoms with van der Waals surface area (Å²) in [6.07, 6.45) is -0.999. The summed E-state index contributed by atoms with van der Waals surface area (Å²) in [5, 5.41) is 0. The number of hydrogen-bond acceptors (Lipinski definition) is 2. The van der Waals surface area contributed by atoms with Gasteiger partial charge in [0, 0.05) is 19.1 Å². The second-order valence-corrected chi connectivity index (χ2v) is 5.52. The maximum atomic E-state index is 12.4. The number of halogens is 4. The summed E-state index contributed by atoms with van der Waals surface area (Å²) in [5.41, 5.74) is 0. The van der Waals surface area contributed by atoms with E-state index in [0.29, 0.717) is 13.2 Å². The molecule has 0 aromatic rings. The molecule has 0 spiro atoms. The van der Waals surface area contributed by atoms with Gasteiger partial charge >= 0.3 is 6.18 Å². The summed E-state index contributed by atoms with van der Waals surface area (Å²) in [5.74, 6) is 0. The Kier molecular flexibility index (Phi) is 3.81. The summed E-state index contributed by atoms with van der Waals surface area (Å²) in [4.78, 5) is 0.494. The van der Waals surface area contributed by atoms with E-state index in [2.05, 4.69) is 15.9 Å². The van der Waals surface area contributed by atoms with Gasteiger partial charge in [-0.1, -0.05) is 15.9 Å². The van der Waals surface area contributed by atoms with Crippen LogP contribution in [0.15, 0.2) is 0 Å². The molecule has 0 N–H and O–H groups in total. The molecule has 0 amide bonds. The van der Waals surface area contributed by atoms with Crippen LogP contribution in [0.4, 0.5) is 13.2 Å². The molecular formula is C10H15BrF3NO. The Balaban J connectivity index is 1.93. The number of fused-ring (bicyclic) bond motifs is 1. The number of alkyl halides is 4.